The van der Waals surface area contributed by atoms with Gasteiger partial charge < -0.3 is 9.05 Å². The maximum atomic E-state index is 13.9. The van der Waals surface area contributed by atoms with E-state index in [1.54, 1.807) is 62.4 Å². The first-order valence-corrected chi connectivity index (χ1v) is 10.0. The number of hydrogen-bond acceptors (Lipinski definition) is 5. The van der Waals surface area contributed by atoms with Crippen LogP contribution in [0, 0.1) is 0 Å². The number of Topliss-reactive ketones (excluding diaryl/α,β-unsaturated/α-hetero) is 1. The minimum Gasteiger partial charge on any atom is -0.307 e. The summed E-state index contributed by atoms with van der Waals surface area (Å²) in [6, 6.07) is 13.5. The summed E-state index contributed by atoms with van der Waals surface area (Å²) < 4.78 is 25.1. The van der Waals surface area contributed by atoms with Gasteiger partial charge in [0.1, 0.15) is 0 Å². The quantitative estimate of drug-likeness (QED) is 0.744. The smallest absolute Gasteiger partial charge is 0.307 e. The number of benzene rings is 2. The highest BCUT2D eigenvalue weighted by atomic mass is 31.2. The second-order valence-electron chi connectivity index (χ2n) is 6.04. The highest BCUT2D eigenvalue weighted by molar-refractivity contribution is 7.56. The standard InChI is InChI=1S/C19H18NO5P/c1-3-24-26(23,25-4-2)19-15-11-7-5-9-13(15)18(22)20(19)16-12-8-6-10-14(16)17(19)21/h5-12H,3-4H2,1-2H3/t19-/m1/s1. The summed E-state index contributed by atoms with van der Waals surface area (Å²) in [5.74, 6) is -0.810. The van der Waals surface area contributed by atoms with Crippen molar-refractivity contribution in [1.29, 1.82) is 0 Å². The van der Waals surface area contributed by atoms with Crippen LogP contribution in [0.2, 0.25) is 0 Å². The first kappa shape index (κ1) is 17.2. The summed E-state index contributed by atoms with van der Waals surface area (Å²) in [6.45, 7) is 3.55. The van der Waals surface area contributed by atoms with E-state index in [0.717, 1.165) is 0 Å². The Balaban J connectivity index is 2.10. The number of amides is 1. The third-order valence-corrected chi connectivity index (χ3v) is 7.39. The third-order valence-electron chi connectivity index (χ3n) is 4.76. The molecule has 0 saturated carbocycles. The molecule has 0 spiro atoms. The minimum absolute atomic E-state index is 0.0901. The van der Waals surface area contributed by atoms with Gasteiger partial charge in [-0.1, -0.05) is 30.3 Å². The van der Waals surface area contributed by atoms with E-state index in [1.807, 2.05) is 0 Å². The first-order valence-electron chi connectivity index (χ1n) is 8.50. The zero-order valence-electron chi connectivity index (χ0n) is 14.5. The van der Waals surface area contributed by atoms with Gasteiger partial charge in [0.15, 0.2) is 0 Å². The highest BCUT2D eigenvalue weighted by Crippen LogP contribution is 2.72. The molecule has 2 aliphatic rings. The van der Waals surface area contributed by atoms with E-state index in [0.29, 0.717) is 22.4 Å². The van der Waals surface area contributed by atoms with Crippen molar-refractivity contribution in [3.8, 4) is 0 Å². The maximum absolute atomic E-state index is 13.9. The van der Waals surface area contributed by atoms with E-state index in [9.17, 15) is 14.2 Å². The average molecular weight is 371 g/mol. The fourth-order valence-electron chi connectivity index (χ4n) is 3.88. The Bertz CT molecular complexity index is 962. The van der Waals surface area contributed by atoms with Gasteiger partial charge in [0.05, 0.1) is 18.9 Å². The van der Waals surface area contributed by atoms with Gasteiger partial charge in [0.2, 0.25) is 11.1 Å². The molecular weight excluding hydrogens is 353 g/mol. The molecule has 0 radical (unpaired) electrons. The molecule has 2 heterocycles. The summed E-state index contributed by atoms with van der Waals surface area (Å²) in [5.41, 5.74) is 1.49. The Morgan fingerprint density at radius 2 is 1.50 bits per heavy atom. The molecule has 0 N–H and O–H groups in total. The molecule has 2 aliphatic heterocycles. The fourth-order valence-corrected chi connectivity index (χ4v) is 6.31. The van der Waals surface area contributed by atoms with Gasteiger partial charge in [-0.15, -0.1) is 0 Å². The molecule has 1 atom stereocenters. The van der Waals surface area contributed by atoms with Crippen LogP contribution in [0.4, 0.5) is 5.69 Å². The molecule has 4 rings (SSSR count). The molecule has 0 unspecified atom stereocenters. The van der Waals surface area contributed by atoms with Crippen LogP contribution < -0.4 is 4.90 Å². The monoisotopic (exact) mass is 371 g/mol. The van der Waals surface area contributed by atoms with Gasteiger partial charge in [-0.05, 0) is 32.0 Å². The Hall–Kier alpha value is -2.27. The van der Waals surface area contributed by atoms with Crippen molar-refractivity contribution in [2.24, 2.45) is 0 Å². The zero-order chi connectivity index (χ0) is 18.5. The van der Waals surface area contributed by atoms with Crippen LogP contribution in [-0.2, 0) is 18.9 Å². The largest absolute Gasteiger partial charge is 0.369 e. The number of carbonyl (C=O) groups is 2. The van der Waals surface area contributed by atoms with Crippen LogP contribution in [0.5, 0.6) is 0 Å². The van der Waals surface area contributed by atoms with Crippen molar-refractivity contribution in [2.45, 2.75) is 19.1 Å². The number of ketones is 1. The van der Waals surface area contributed by atoms with E-state index >= 15 is 0 Å². The topological polar surface area (TPSA) is 72.9 Å². The minimum atomic E-state index is -4.04. The number of nitrogens with zero attached hydrogens (tertiary/aromatic N) is 1. The zero-order valence-corrected chi connectivity index (χ0v) is 15.4. The van der Waals surface area contributed by atoms with Crippen LogP contribution in [0.15, 0.2) is 48.5 Å². The molecule has 7 heteroatoms. The highest BCUT2D eigenvalue weighted by Gasteiger charge is 2.71. The van der Waals surface area contributed by atoms with E-state index in [2.05, 4.69) is 0 Å². The van der Waals surface area contributed by atoms with Crippen molar-refractivity contribution >= 4 is 25.0 Å². The summed E-state index contributed by atoms with van der Waals surface area (Å²) in [7, 11) is -4.04. The lowest BCUT2D eigenvalue weighted by molar-refractivity contribution is 0.0879. The summed E-state index contributed by atoms with van der Waals surface area (Å²) in [6.07, 6.45) is 0. The van der Waals surface area contributed by atoms with Gasteiger partial charge >= 0.3 is 7.60 Å². The number of carbonyl (C=O) groups excluding carboxylic acids is 2. The number of anilines is 1. The van der Waals surface area contributed by atoms with E-state index in [4.69, 9.17) is 9.05 Å². The molecule has 0 fully saturated rings. The summed E-state index contributed by atoms with van der Waals surface area (Å²) in [5, 5.41) is -1.81. The lowest BCUT2D eigenvalue weighted by atomic mass is 9.98. The Morgan fingerprint density at radius 3 is 2.15 bits per heavy atom. The molecule has 26 heavy (non-hydrogen) atoms. The number of hydrogen-bond donors (Lipinski definition) is 0. The Kier molecular flexibility index (Phi) is 3.88. The van der Waals surface area contributed by atoms with Crippen LogP contribution >= 0.6 is 7.60 Å². The molecular formula is C19H18NO5P. The van der Waals surface area contributed by atoms with Crippen molar-refractivity contribution in [3.63, 3.8) is 0 Å². The third kappa shape index (κ3) is 1.87. The van der Waals surface area contributed by atoms with Gasteiger partial charge in [0, 0.05) is 16.7 Å². The molecule has 0 aliphatic carbocycles. The van der Waals surface area contributed by atoms with Crippen LogP contribution in [-0.4, -0.2) is 24.9 Å². The first-order chi connectivity index (χ1) is 12.5. The molecule has 0 aromatic heterocycles. The van der Waals surface area contributed by atoms with Gasteiger partial charge in [-0.2, -0.15) is 0 Å². The molecule has 0 bridgehead atoms. The second-order valence-corrected chi connectivity index (χ2v) is 8.20. The van der Waals surface area contributed by atoms with Gasteiger partial charge in [0.25, 0.3) is 5.91 Å². The van der Waals surface area contributed by atoms with Crippen molar-refractivity contribution in [1.82, 2.24) is 0 Å². The SMILES string of the molecule is CCOP(=O)(OCC)[C@]12C(=O)c3ccccc3N1C(=O)c1ccccc12. The normalized spacial score (nSPS) is 20.9. The van der Waals surface area contributed by atoms with Crippen molar-refractivity contribution < 1.29 is 23.2 Å². The summed E-state index contributed by atoms with van der Waals surface area (Å²) in [4.78, 5) is 28.1. The molecule has 2 aromatic rings. The lowest BCUT2D eigenvalue weighted by Gasteiger charge is -2.36. The van der Waals surface area contributed by atoms with Crippen LogP contribution in [0.25, 0.3) is 0 Å². The van der Waals surface area contributed by atoms with Crippen LogP contribution in [0.3, 0.4) is 0 Å². The molecule has 2 aromatic carbocycles. The molecule has 0 saturated heterocycles. The second kappa shape index (κ2) is 5.88. The van der Waals surface area contributed by atoms with Crippen LogP contribution in [0.1, 0.15) is 40.1 Å². The van der Waals surface area contributed by atoms with Crippen molar-refractivity contribution in [3.05, 3.63) is 65.2 Å². The number of rotatable bonds is 5. The van der Waals surface area contributed by atoms with E-state index in [1.165, 1.54) is 4.90 Å². The average Bonchev–Trinajstić information content (AvgIpc) is 3.07. The number of fused-ring (bicyclic) bond motifs is 5. The van der Waals surface area contributed by atoms with Gasteiger partial charge in [-0.3, -0.25) is 19.1 Å². The van der Waals surface area contributed by atoms with E-state index in [-0.39, 0.29) is 19.1 Å². The summed E-state index contributed by atoms with van der Waals surface area (Å²) >= 11 is 0. The Morgan fingerprint density at radius 1 is 0.923 bits per heavy atom. The maximum Gasteiger partial charge on any atom is 0.369 e. The Labute approximate surface area is 151 Å². The predicted octanol–water partition coefficient (Wildman–Crippen LogP) is 3.96. The lowest BCUT2D eigenvalue weighted by Crippen LogP contribution is -2.45. The molecule has 134 valence electrons. The molecule has 6 nitrogen and oxygen atoms in total. The van der Waals surface area contributed by atoms with E-state index < -0.39 is 18.7 Å². The fraction of sp³-hybridized carbons (Fsp3) is 0.263. The molecule has 1 amide bonds. The van der Waals surface area contributed by atoms with Gasteiger partial charge in [-0.25, -0.2) is 0 Å². The number of para-hydroxylation sites is 1. The predicted molar refractivity (Wildman–Crippen MR) is 96.6 cm³/mol. The van der Waals surface area contributed by atoms with Crippen molar-refractivity contribution in [2.75, 3.05) is 18.1 Å².